The lowest BCUT2D eigenvalue weighted by Crippen LogP contribution is -2.01. The van der Waals surface area contributed by atoms with E-state index in [-0.39, 0.29) is 5.75 Å². The molecule has 0 radical (unpaired) electrons. The average Bonchev–Trinajstić information content (AvgIpc) is 2.41. The van der Waals surface area contributed by atoms with Gasteiger partial charge in [0.15, 0.2) is 11.5 Å². The van der Waals surface area contributed by atoms with Crippen molar-refractivity contribution in [3.05, 3.63) is 23.8 Å². The predicted molar refractivity (Wildman–Crippen MR) is 60.5 cm³/mol. The third-order valence-electron chi connectivity index (χ3n) is 2.18. The Balaban J connectivity index is 2.39. The molecule has 1 aromatic rings. The van der Waals surface area contributed by atoms with Crippen molar-refractivity contribution >= 4 is 19.7 Å². The molecule has 2 rings (SSSR count). The van der Waals surface area contributed by atoms with E-state index in [2.05, 4.69) is 0 Å². The molecule has 0 saturated heterocycles. The van der Waals surface area contributed by atoms with Gasteiger partial charge in [-0.25, -0.2) is 8.42 Å². The standard InChI is InChI=1S/C10H11ClO4S/c11-16(12,13)7-8-3-1-4-9-10(8)15-6-2-5-14-9/h1,3-4H,2,5-7H2. The highest BCUT2D eigenvalue weighted by Gasteiger charge is 2.18. The van der Waals surface area contributed by atoms with Crippen molar-refractivity contribution in [2.45, 2.75) is 12.2 Å². The summed E-state index contributed by atoms with van der Waals surface area (Å²) in [5.41, 5.74) is 0.536. The van der Waals surface area contributed by atoms with Crippen LogP contribution in [0.1, 0.15) is 12.0 Å². The summed E-state index contributed by atoms with van der Waals surface area (Å²) >= 11 is 0. The van der Waals surface area contributed by atoms with E-state index in [1.165, 1.54) is 0 Å². The maximum atomic E-state index is 11.0. The van der Waals surface area contributed by atoms with E-state index in [1.54, 1.807) is 18.2 Å². The van der Waals surface area contributed by atoms with Crippen LogP contribution < -0.4 is 9.47 Å². The van der Waals surface area contributed by atoms with Crippen LogP contribution in [-0.2, 0) is 14.8 Å². The molecule has 0 aromatic heterocycles. The molecule has 1 aliphatic heterocycles. The zero-order valence-corrected chi connectivity index (χ0v) is 10.1. The van der Waals surface area contributed by atoms with Crippen molar-refractivity contribution in [1.29, 1.82) is 0 Å². The Morgan fingerprint density at radius 3 is 2.75 bits per heavy atom. The van der Waals surface area contributed by atoms with Crippen molar-refractivity contribution in [1.82, 2.24) is 0 Å². The summed E-state index contributed by atoms with van der Waals surface area (Å²) in [5.74, 6) is 0.820. The van der Waals surface area contributed by atoms with E-state index < -0.39 is 9.05 Å². The zero-order valence-electron chi connectivity index (χ0n) is 8.48. The van der Waals surface area contributed by atoms with E-state index in [0.717, 1.165) is 6.42 Å². The normalized spacial score (nSPS) is 15.6. The summed E-state index contributed by atoms with van der Waals surface area (Å²) < 4.78 is 33.0. The molecule has 0 saturated carbocycles. The summed E-state index contributed by atoms with van der Waals surface area (Å²) in [6, 6.07) is 5.16. The van der Waals surface area contributed by atoms with Gasteiger partial charge in [-0.1, -0.05) is 12.1 Å². The minimum absolute atomic E-state index is 0.249. The summed E-state index contributed by atoms with van der Waals surface area (Å²) in [6.07, 6.45) is 0.780. The molecule has 16 heavy (non-hydrogen) atoms. The summed E-state index contributed by atoms with van der Waals surface area (Å²) in [6.45, 7) is 1.09. The fourth-order valence-corrected chi connectivity index (χ4v) is 2.50. The maximum absolute atomic E-state index is 11.0. The first-order chi connectivity index (χ1) is 7.56. The fourth-order valence-electron chi connectivity index (χ4n) is 1.55. The van der Waals surface area contributed by atoms with Gasteiger partial charge in [0, 0.05) is 22.7 Å². The zero-order chi connectivity index (χ0) is 11.6. The van der Waals surface area contributed by atoms with E-state index >= 15 is 0 Å². The number of hydrogen-bond acceptors (Lipinski definition) is 4. The third-order valence-corrected chi connectivity index (χ3v) is 3.16. The number of halogens is 1. The van der Waals surface area contributed by atoms with Gasteiger partial charge in [0.1, 0.15) is 0 Å². The lowest BCUT2D eigenvalue weighted by Gasteiger charge is -2.10. The number of benzene rings is 1. The Morgan fingerprint density at radius 2 is 2.00 bits per heavy atom. The molecule has 0 unspecified atom stereocenters. The van der Waals surface area contributed by atoms with Gasteiger partial charge in [0.2, 0.25) is 9.05 Å². The maximum Gasteiger partial charge on any atom is 0.236 e. The minimum Gasteiger partial charge on any atom is -0.490 e. The van der Waals surface area contributed by atoms with Crippen molar-refractivity contribution in [3.63, 3.8) is 0 Å². The fraction of sp³-hybridized carbons (Fsp3) is 0.400. The Bertz CT molecular complexity index is 484. The highest BCUT2D eigenvalue weighted by atomic mass is 35.7. The Morgan fingerprint density at radius 1 is 1.25 bits per heavy atom. The average molecular weight is 263 g/mol. The molecule has 4 nitrogen and oxygen atoms in total. The van der Waals surface area contributed by atoms with Crippen LogP contribution in [0.4, 0.5) is 0 Å². The van der Waals surface area contributed by atoms with Gasteiger partial charge in [-0.05, 0) is 6.07 Å². The van der Waals surface area contributed by atoms with Crippen molar-refractivity contribution in [3.8, 4) is 11.5 Å². The van der Waals surface area contributed by atoms with Gasteiger partial charge in [-0.15, -0.1) is 0 Å². The molecule has 1 aliphatic rings. The number of fused-ring (bicyclic) bond motifs is 1. The van der Waals surface area contributed by atoms with Gasteiger partial charge >= 0.3 is 0 Å². The molecule has 0 aliphatic carbocycles. The van der Waals surface area contributed by atoms with Crippen LogP contribution in [0, 0.1) is 0 Å². The van der Waals surface area contributed by atoms with Gasteiger partial charge in [-0.3, -0.25) is 0 Å². The quantitative estimate of drug-likeness (QED) is 0.764. The molecule has 1 aromatic carbocycles. The molecule has 0 bridgehead atoms. The van der Waals surface area contributed by atoms with Crippen molar-refractivity contribution in [2.24, 2.45) is 0 Å². The number of ether oxygens (including phenoxy) is 2. The second-order valence-corrected chi connectivity index (χ2v) is 6.25. The highest BCUT2D eigenvalue weighted by Crippen LogP contribution is 2.34. The number of para-hydroxylation sites is 1. The van der Waals surface area contributed by atoms with Crippen LogP contribution >= 0.6 is 10.7 Å². The Hall–Kier alpha value is -0.940. The molecule has 0 fully saturated rings. The van der Waals surface area contributed by atoms with Crippen LogP contribution in [0.3, 0.4) is 0 Å². The largest absolute Gasteiger partial charge is 0.490 e. The molecular weight excluding hydrogens is 252 g/mol. The van der Waals surface area contributed by atoms with Gasteiger partial charge in [0.05, 0.1) is 19.0 Å². The molecule has 0 amide bonds. The topological polar surface area (TPSA) is 52.6 Å². The van der Waals surface area contributed by atoms with Crippen LogP contribution in [0.5, 0.6) is 11.5 Å². The number of rotatable bonds is 2. The smallest absolute Gasteiger partial charge is 0.236 e. The van der Waals surface area contributed by atoms with Gasteiger partial charge in [0.25, 0.3) is 0 Å². The first kappa shape index (κ1) is 11.5. The second kappa shape index (κ2) is 4.51. The molecule has 1 heterocycles. The van der Waals surface area contributed by atoms with Gasteiger partial charge in [-0.2, -0.15) is 0 Å². The lowest BCUT2D eigenvalue weighted by atomic mass is 10.2. The first-order valence-corrected chi connectivity index (χ1v) is 7.34. The van der Waals surface area contributed by atoms with Crippen LogP contribution in [0.15, 0.2) is 18.2 Å². The highest BCUT2D eigenvalue weighted by molar-refractivity contribution is 8.13. The second-order valence-electron chi connectivity index (χ2n) is 3.48. The summed E-state index contributed by atoms with van der Waals surface area (Å²) in [5, 5.41) is 0. The molecule has 0 spiro atoms. The third kappa shape index (κ3) is 2.80. The van der Waals surface area contributed by atoms with E-state index in [4.69, 9.17) is 20.2 Å². The first-order valence-electron chi connectivity index (χ1n) is 4.86. The Labute approximate surface area is 98.5 Å². The molecule has 6 heteroatoms. The van der Waals surface area contributed by atoms with E-state index in [0.29, 0.717) is 30.3 Å². The van der Waals surface area contributed by atoms with Crippen molar-refractivity contribution < 1.29 is 17.9 Å². The van der Waals surface area contributed by atoms with E-state index in [9.17, 15) is 8.42 Å². The summed E-state index contributed by atoms with van der Waals surface area (Å²) in [4.78, 5) is 0. The van der Waals surface area contributed by atoms with E-state index in [1.807, 2.05) is 0 Å². The Kier molecular flexibility index (Phi) is 3.25. The monoisotopic (exact) mass is 262 g/mol. The van der Waals surface area contributed by atoms with Crippen LogP contribution in [-0.4, -0.2) is 21.6 Å². The van der Waals surface area contributed by atoms with Crippen LogP contribution in [0.25, 0.3) is 0 Å². The predicted octanol–water partition coefficient (Wildman–Crippen LogP) is 1.92. The van der Waals surface area contributed by atoms with Crippen LogP contribution in [0.2, 0.25) is 0 Å². The minimum atomic E-state index is -3.59. The van der Waals surface area contributed by atoms with Gasteiger partial charge < -0.3 is 9.47 Å². The SMILES string of the molecule is O=S(=O)(Cl)Cc1cccc2c1OCCCO2. The number of hydrogen-bond donors (Lipinski definition) is 0. The molecule has 0 N–H and O–H groups in total. The van der Waals surface area contributed by atoms with Crippen molar-refractivity contribution in [2.75, 3.05) is 13.2 Å². The molecule has 0 atom stereocenters. The lowest BCUT2D eigenvalue weighted by molar-refractivity contribution is 0.296. The summed E-state index contributed by atoms with van der Waals surface area (Å²) in [7, 11) is 1.64. The molecule has 88 valence electrons. The molecular formula is C10H11ClO4S.